The summed E-state index contributed by atoms with van der Waals surface area (Å²) in [5, 5.41) is 4.99. The molecule has 25 heavy (non-hydrogen) atoms. The zero-order chi connectivity index (χ0) is 17.2. The van der Waals surface area contributed by atoms with Crippen LogP contribution in [0.5, 0.6) is 0 Å². The number of aryl methyl sites for hydroxylation is 1. The highest BCUT2D eigenvalue weighted by molar-refractivity contribution is 6.30. The van der Waals surface area contributed by atoms with Crippen molar-refractivity contribution in [3.63, 3.8) is 0 Å². The van der Waals surface area contributed by atoms with Gasteiger partial charge in [0.05, 0.1) is 17.6 Å². The van der Waals surface area contributed by atoms with Crippen molar-refractivity contribution >= 4 is 28.5 Å². The molecule has 0 aliphatic rings. The third-order valence-electron chi connectivity index (χ3n) is 3.87. The quantitative estimate of drug-likeness (QED) is 0.565. The van der Waals surface area contributed by atoms with Gasteiger partial charge in [0.25, 0.3) is 0 Å². The Bertz CT molecular complexity index is 1030. The van der Waals surface area contributed by atoms with E-state index < -0.39 is 0 Å². The van der Waals surface area contributed by atoms with Gasteiger partial charge in [-0.05, 0) is 37.3 Å². The van der Waals surface area contributed by atoms with E-state index >= 15 is 0 Å². The molecule has 0 unspecified atom stereocenters. The van der Waals surface area contributed by atoms with Gasteiger partial charge < -0.3 is 10.3 Å². The molecule has 0 bridgehead atoms. The van der Waals surface area contributed by atoms with Crippen LogP contribution in [-0.4, -0.2) is 19.9 Å². The van der Waals surface area contributed by atoms with Gasteiger partial charge in [-0.1, -0.05) is 29.8 Å². The van der Waals surface area contributed by atoms with Crippen molar-refractivity contribution in [1.29, 1.82) is 0 Å². The normalized spacial score (nSPS) is 11.0. The predicted octanol–water partition coefficient (Wildman–Crippen LogP) is 4.59. The van der Waals surface area contributed by atoms with E-state index in [-0.39, 0.29) is 0 Å². The van der Waals surface area contributed by atoms with Crippen molar-refractivity contribution < 1.29 is 0 Å². The van der Waals surface area contributed by atoms with Gasteiger partial charge in [0.1, 0.15) is 11.5 Å². The lowest BCUT2D eigenvalue weighted by molar-refractivity contribution is 1.03. The van der Waals surface area contributed by atoms with E-state index in [9.17, 15) is 0 Å². The number of benzene rings is 1. The monoisotopic (exact) mass is 349 g/mol. The highest BCUT2D eigenvalue weighted by Gasteiger charge is 2.12. The minimum atomic E-state index is 0.589. The first-order valence-corrected chi connectivity index (χ1v) is 8.34. The van der Waals surface area contributed by atoms with Crippen molar-refractivity contribution in [3.05, 3.63) is 71.1 Å². The lowest BCUT2D eigenvalue weighted by Gasteiger charge is -2.09. The van der Waals surface area contributed by atoms with Crippen LogP contribution in [0, 0.1) is 6.92 Å². The molecule has 4 aromatic rings. The molecular formula is C19H16ClN5. The van der Waals surface area contributed by atoms with E-state index in [1.165, 1.54) is 0 Å². The van der Waals surface area contributed by atoms with Gasteiger partial charge in [-0.2, -0.15) is 0 Å². The first kappa shape index (κ1) is 15.6. The number of aromatic amines is 1. The van der Waals surface area contributed by atoms with Crippen LogP contribution in [0.3, 0.4) is 0 Å². The Hall–Kier alpha value is -2.92. The van der Waals surface area contributed by atoms with Crippen molar-refractivity contribution in [2.75, 3.05) is 5.32 Å². The molecule has 4 rings (SSSR count). The summed E-state index contributed by atoms with van der Waals surface area (Å²) >= 11 is 6.11. The Kier molecular flexibility index (Phi) is 4.07. The van der Waals surface area contributed by atoms with Crippen LogP contribution in [0.15, 0.2) is 54.7 Å². The van der Waals surface area contributed by atoms with Crippen molar-refractivity contribution in [3.8, 4) is 11.4 Å². The molecule has 0 saturated carbocycles. The van der Waals surface area contributed by atoms with Crippen LogP contribution < -0.4 is 5.32 Å². The number of H-pyrrole nitrogens is 1. The molecular weight excluding hydrogens is 334 g/mol. The summed E-state index contributed by atoms with van der Waals surface area (Å²) in [5.74, 6) is 1.40. The topological polar surface area (TPSA) is 66.5 Å². The lowest BCUT2D eigenvalue weighted by Crippen LogP contribution is -2.05. The van der Waals surface area contributed by atoms with Crippen LogP contribution in [0.4, 0.5) is 5.82 Å². The molecule has 0 radical (unpaired) electrons. The SMILES string of the molecule is Cc1cc2c(NCc3ccccn3)nc(-c3cccc(Cl)c3)nc2[nH]1. The molecule has 0 fully saturated rings. The third-order valence-corrected chi connectivity index (χ3v) is 4.10. The van der Waals surface area contributed by atoms with Crippen LogP contribution >= 0.6 is 11.6 Å². The molecule has 0 saturated heterocycles. The third kappa shape index (κ3) is 3.32. The Balaban J connectivity index is 1.76. The number of anilines is 1. The van der Waals surface area contributed by atoms with Crippen LogP contribution in [-0.2, 0) is 6.54 Å². The van der Waals surface area contributed by atoms with Crippen LogP contribution in [0.2, 0.25) is 5.02 Å². The second-order valence-electron chi connectivity index (χ2n) is 5.80. The second kappa shape index (κ2) is 6.53. The number of hydrogen-bond donors (Lipinski definition) is 2. The highest BCUT2D eigenvalue weighted by atomic mass is 35.5. The molecule has 0 atom stereocenters. The maximum Gasteiger partial charge on any atom is 0.163 e. The fraction of sp³-hybridized carbons (Fsp3) is 0.105. The Morgan fingerprint density at radius 3 is 2.80 bits per heavy atom. The number of nitrogens with one attached hydrogen (secondary N) is 2. The fourth-order valence-corrected chi connectivity index (χ4v) is 2.90. The molecule has 0 aliphatic carbocycles. The van der Waals surface area contributed by atoms with Gasteiger partial charge in [0, 0.05) is 22.5 Å². The van der Waals surface area contributed by atoms with E-state index in [2.05, 4.69) is 20.3 Å². The summed E-state index contributed by atoms with van der Waals surface area (Å²) < 4.78 is 0. The Morgan fingerprint density at radius 1 is 1.08 bits per heavy atom. The molecule has 5 nitrogen and oxygen atoms in total. The number of hydrogen-bond acceptors (Lipinski definition) is 4. The summed E-state index contributed by atoms with van der Waals surface area (Å²) in [7, 11) is 0. The second-order valence-corrected chi connectivity index (χ2v) is 6.23. The number of pyridine rings is 1. The summed E-state index contributed by atoms with van der Waals surface area (Å²) in [6, 6.07) is 15.4. The van der Waals surface area contributed by atoms with Crippen molar-refractivity contribution in [2.24, 2.45) is 0 Å². The van der Waals surface area contributed by atoms with E-state index in [1.54, 1.807) is 6.20 Å². The largest absolute Gasteiger partial charge is 0.364 e. The van der Waals surface area contributed by atoms with Gasteiger partial charge >= 0.3 is 0 Å². The van der Waals surface area contributed by atoms with Gasteiger partial charge in [-0.15, -0.1) is 0 Å². The van der Waals surface area contributed by atoms with E-state index in [0.29, 0.717) is 17.4 Å². The van der Waals surface area contributed by atoms with E-state index in [1.807, 2.05) is 55.5 Å². The predicted molar refractivity (Wildman–Crippen MR) is 101 cm³/mol. The van der Waals surface area contributed by atoms with Gasteiger partial charge in [0.2, 0.25) is 0 Å². The van der Waals surface area contributed by atoms with Gasteiger partial charge in [-0.25, -0.2) is 9.97 Å². The fourth-order valence-electron chi connectivity index (χ4n) is 2.71. The first-order chi connectivity index (χ1) is 12.2. The summed E-state index contributed by atoms with van der Waals surface area (Å²) in [6.45, 7) is 2.59. The van der Waals surface area contributed by atoms with Crippen LogP contribution in [0.1, 0.15) is 11.4 Å². The number of fused-ring (bicyclic) bond motifs is 1. The minimum absolute atomic E-state index is 0.589. The van der Waals surface area contributed by atoms with Gasteiger partial charge in [-0.3, -0.25) is 4.98 Å². The maximum atomic E-state index is 6.11. The average Bonchev–Trinajstić information content (AvgIpc) is 3.01. The van der Waals surface area contributed by atoms with E-state index in [4.69, 9.17) is 16.6 Å². The summed E-state index contributed by atoms with van der Waals surface area (Å²) in [5.41, 5.74) is 3.66. The zero-order valence-electron chi connectivity index (χ0n) is 13.6. The van der Waals surface area contributed by atoms with Crippen molar-refractivity contribution in [1.82, 2.24) is 19.9 Å². The standard InChI is InChI=1S/C19H16ClN5/c1-12-9-16-18(22-11-15-7-2-3-8-21-15)24-17(25-19(16)23-12)13-5-4-6-14(20)10-13/h2-10H,11H2,1H3,(H2,22,23,24,25). The van der Waals surface area contributed by atoms with Crippen LogP contribution in [0.25, 0.3) is 22.4 Å². The Labute approximate surface area is 150 Å². The van der Waals surface area contributed by atoms with Gasteiger partial charge in [0.15, 0.2) is 5.82 Å². The minimum Gasteiger partial charge on any atom is -0.364 e. The molecule has 3 heterocycles. The Morgan fingerprint density at radius 2 is 2.00 bits per heavy atom. The average molecular weight is 350 g/mol. The number of nitrogens with zero attached hydrogens (tertiary/aromatic N) is 3. The molecule has 0 spiro atoms. The number of rotatable bonds is 4. The maximum absolute atomic E-state index is 6.11. The molecule has 124 valence electrons. The molecule has 3 aromatic heterocycles. The van der Waals surface area contributed by atoms with Crippen molar-refractivity contribution in [2.45, 2.75) is 13.5 Å². The summed E-state index contributed by atoms with van der Waals surface area (Å²) in [4.78, 5) is 17.0. The highest BCUT2D eigenvalue weighted by Crippen LogP contribution is 2.27. The molecule has 0 amide bonds. The molecule has 0 aliphatic heterocycles. The smallest absolute Gasteiger partial charge is 0.163 e. The molecule has 1 aromatic carbocycles. The summed E-state index contributed by atoms with van der Waals surface area (Å²) in [6.07, 6.45) is 1.78. The number of halogens is 1. The molecule has 6 heteroatoms. The molecule has 2 N–H and O–H groups in total. The van der Waals surface area contributed by atoms with E-state index in [0.717, 1.165) is 33.8 Å². The number of aromatic nitrogens is 4. The first-order valence-electron chi connectivity index (χ1n) is 7.96. The zero-order valence-corrected chi connectivity index (χ0v) is 14.4. The lowest BCUT2D eigenvalue weighted by atomic mass is 10.2.